The number of amides is 1. The van der Waals surface area contributed by atoms with Crippen LogP contribution in [0.2, 0.25) is 0 Å². The minimum atomic E-state index is -4.45. The van der Waals surface area contributed by atoms with Crippen LogP contribution in [0.1, 0.15) is 34.5 Å². The third-order valence-corrected chi connectivity index (χ3v) is 4.84. The molecule has 2 aromatic carbocycles. The Morgan fingerprint density at radius 1 is 1.15 bits per heavy atom. The van der Waals surface area contributed by atoms with Crippen LogP contribution in [0.15, 0.2) is 53.5 Å². The summed E-state index contributed by atoms with van der Waals surface area (Å²) >= 11 is 0. The average Bonchev–Trinajstić information content (AvgIpc) is 2.94. The lowest BCUT2D eigenvalue weighted by Gasteiger charge is -2.13. The van der Waals surface area contributed by atoms with Crippen LogP contribution in [0.25, 0.3) is 10.9 Å². The van der Waals surface area contributed by atoms with E-state index in [1.165, 1.54) is 18.3 Å². The van der Waals surface area contributed by atoms with Crippen molar-refractivity contribution >= 4 is 22.5 Å². The molecule has 0 unspecified atom stereocenters. The van der Waals surface area contributed by atoms with E-state index in [-0.39, 0.29) is 22.7 Å². The summed E-state index contributed by atoms with van der Waals surface area (Å²) in [6.45, 7) is 2.00. The number of alkyl halides is 3. The molecule has 1 aromatic heterocycles. The van der Waals surface area contributed by atoms with Crippen LogP contribution in [0.5, 0.6) is 0 Å². The maximum atomic E-state index is 12.8. The molecule has 0 saturated carbocycles. The van der Waals surface area contributed by atoms with Crippen molar-refractivity contribution in [2.45, 2.75) is 25.6 Å². The van der Waals surface area contributed by atoms with Gasteiger partial charge >= 0.3 is 6.18 Å². The number of rotatable bonds is 2. The molecule has 27 heavy (non-hydrogen) atoms. The van der Waals surface area contributed by atoms with E-state index in [0.717, 1.165) is 29.6 Å². The molecule has 0 spiro atoms. The van der Waals surface area contributed by atoms with E-state index in [0.29, 0.717) is 5.39 Å². The zero-order chi connectivity index (χ0) is 19.3. The largest absolute Gasteiger partial charge is 0.416 e. The third-order valence-electron chi connectivity index (χ3n) is 4.84. The number of halogens is 3. The number of nitrogens with zero attached hydrogens (tertiary/aromatic N) is 1. The fraction of sp³-hybridized carbons (Fsp3) is 0.200. The van der Waals surface area contributed by atoms with Crippen LogP contribution < -0.4 is 10.7 Å². The number of anilines is 1. The molecule has 3 aromatic rings. The number of pyridine rings is 1. The molecule has 2 heterocycles. The topological polar surface area (TPSA) is 51.1 Å². The molecule has 0 saturated heterocycles. The van der Waals surface area contributed by atoms with Crippen LogP contribution in [-0.2, 0) is 12.6 Å². The molecule has 7 heteroatoms. The summed E-state index contributed by atoms with van der Waals surface area (Å²) in [6.07, 6.45) is -2.14. The number of hydrogen-bond donors (Lipinski definition) is 1. The van der Waals surface area contributed by atoms with Crippen molar-refractivity contribution in [2.75, 3.05) is 5.32 Å². The molecule has 4 rings (SSSR count). The first-order valence-corrected chi connectivity index (χ1v) is 8.41. The van der Waals surface area contributed by atoms with E-state index >= 15 is 0 Å². The lowest BCUT2D eigenvalue weighted by Crippen LogP contribution is -2.23. The lowest BCUT2D eigenvalue weighted by atomic mass is 10.1. The summed E-state index contributed by atoms with van der Waals surface area (Å²) in [7, 11) is 0. The fourth-order valence-corrected chi connectivity index (χ4v) is 3.52. The number of hydrogen-bond acceptors (Lipinski definition) is 2. The van der Waals surface area contributed by atoms with Crippen LogP contribution in [-0.4, -0.2) is 10.5 Å². The van der Waals surface area contributed by atoms with Gasteiger partial charge in [-0.2, -0.15) is 13.2 Å². The van der Waals surface area contributed by atoms with Gasteiger partial charge < -0.3 is 9.88 Å². The van der Waals surface area contributed by atoms with Gasteiger partial charge in [0.1, 0.15) is 5.56 Å². The van der Waals surface area contributed by atoms with E-state index in [9.17, 15) is 22.8 Å². The second-order valence-electron chi connectivity index (χ2n) is 6.67. The predicted molar refractivity (Wildman–Crippen MR) is 96.0 cm³/mol. The molecule has 4 nitrogen and oxygen atoms in total. The molecule has 0 bridgehead atoms. The first-order valence-electron chi connectivity index (χ1n) is 8.41. The number of benzene rings is 2. The van der Waals surface area contributed by atoms with Crippen molar-refractivity contribution < 1.29 is 18.0 Å². The number of aromatic nitrogens is 1. The summed E-state index contributed by atoms with van der Waals surface area (Å²) in [6, 6.07) is 9.65. The fourth-order valence-electron chi connectivity index (χ4n) is 3.52. The van der Waals surface area contributed by atoms with Gasteiger partial charge in [0.25, 0.3) is 5.91 Å². The van der Waals surface area contributed by atoms with E-state index in [2.05, 4.69) is 5.32 Å². The van der Waals surface area contributed by atoms with Gasteiger partial charge in [-0.15, -0.1) is 0 Å². The zero-order valence-corrected chi connectivity index (χ0v) is 14.3. The van der Waals surface area contributed by atoms with E-state index in [1.54, 1.807) is 12.1 Å². The smallest absolute Gasteiger partial charge is 0.343 e. The second kappa shape index (κ2) is 5.97. The molecule has 0 fully saturated rings. The maximum Gasteiger partial charge on any atom is 0.416 e. The minimum Gasteiger partial charge on any atom is -0.343 e. The molecule has 1 N–H and O–H groups in total. The Balaban J connectivity index is 1.70. The first kappa shape index (κ1) is 17.3. The summed E-state index contributed by atoms with van der Waals surface area (Å²) in [5, 5.41) is 2.98. The van der Waals surface area contributed by atoms with E-state index < -0.39 is 17.6 Å². The second-order valence-corrected chi connectivity index (χ2v) is 6.67. The third kappa shape index (κ3) is 2.89. The van der Waals surface area contributed by atoms with Crippen LogP contribution in [0.3, 0.4) is 0 Å². The number of carbonyl (C=O) groups excluding carboxylic acids is 1. The Morgan fingerprint density at radius 3 is 2.52 bits per heavy atom. The van der Waals surface area contributed by atoms with Crippen molar-refractivity contribution in [2.24, 2.45) is 0 Å². The standard InChI is InChI=1S/C20H15F3N2O2/c1-11-9-12-3-2-4-15-17(12)25(11)10-16(18(15)26)19(27)24-14-7-5-13(6-8-14)20(21,22)23/h2-8,10-11H,9H2,1H3,(H,24,27)/t11-/m0/s1. The average molecular weight is 372 g/mol. The monoisotopic (exact) mass is 372 g/mol. The molecule has 1 atom stereocenters. The Kier molecular flexibility index (Phi) is 3.83. The highest BCUT2D eigenvalue weighted by atomic mass is 19.4. The SMILES string of the molecule is C[C@H]1Cc2cccc3c(=O)c(C(=O)Nc4ccc(C(F)(F)F)cc4)cn1c23. The van der Waals surface area contributed by atoms with Gasteiger partial charge in [-0.25, -0.2) is 0 Å². The molecule has 1 aliphatic heterocycles. The molecule has 0 aliphatic carbocycles. The summed E-state index contributed by atoms with van der Waals surface area (Å²) in [5.74, 6) is -0.644. The van der Waals surface area contributed by atoms with Gasteiger partial charge in [-0.05, 0) is 49.2 Å². The number of carbonyl (C=O) groups is 1. The van der Waals surface area contributed by atoms with Gasteiger partial charge in [0, 0.05) is 23.3 Å². The van der Waals surface area contributed by atoms with Crippen LogP contribution in [0.4, 0.5) is 18.9 Å². The Labute approximate surface area is 152 Å². The zero-order valence-electron chi connectivity index (χ0n) is 14.3. The number of nitrogens with one attached hydrogen (secondary N) is 1. The summed E-state index contributed by atoms with van der Waals surface area (Å²) in [5.41, 5.74) is 0.860. The van der Waals surface area contributed by atoms with Crippen LogP contribution >= 0.6 is 0 Å². The minimum absolute atomic E-state index is 0.0340. The summed E-state index contributed by atoms with van der Waals surface area (Å²) < 4.78 is 39.8. The first-order chi connectivity index (χ1) is 12.8. The van der Waals surface area contributed by atoms with Crippen molar-refractivity contribution in [1.29, 1.82) is 0 Å². The molecular weight excluding hydrogens is 357 g/mol. The Bertz CT molecular complexity index is 1120. The van der Waals surface area contributed by atoms with E-state index in [4.69, 9.17) is 0 Å². The van der Waals surface area contributed by atoms with Gasteiger partial charge in [-0.3, -0.25) is 9.59 Å². The highest BCUT2D eigenvalue weighted by Crippen LogP contribution is 2.31. The summed E-state index contributed by atoms with van der Waals surface area (Å²) in [4.78, 5) is 25.4. The predicted octanol–water partition coefficient (Wildman–Crippen LogP) is 4.39. The van der Waals surface area contributed by atoms with Gasteiger partial charge in [-0.1, -0.05) is 12.1 Å². The van der Waals surface area contributed by atoms with Crippen molar-refractivity contribution in [1.82, 2.24) is 4.57 Å². The molecular formula is C20H15F3N2O2. The molecule has 1 amide bonds. The highest BCUT2D eigenvalue weighted by Gasteiger charge is 2.30. The van der Waals surface area contributed by atoms with Crippen molar-refractivity contribution in [3.8, 4) is 0 Å². The molecule has 1 aliphatic rings. The Morgan fingerprint density at radius 2 is 1.85 bits per heavy atom. The van der Waals surface area contributed by atoms with Crippen molar-refractivity contribution in [3.05, 3.63) is 75.6 Å². The van der Waals surface area contributed by atoms with Gasteiger partial charge in [0.2, 0.25) is 5.43 Å². The maximum absolute atomic E-state index is 12.8. The van der Waals surface area contributed by atoms with Crippen molar-refractivity contribution in [3.63, 3.8) is 0 Å². The van der Waals surface area contributed by atoms with Gasteiger partial charge in [0.15, 0.2) is 0 Å². The van der Waals surface area contributed by atoms with E-state index in [1.807, 2.05) is 17.6 Å². The Hall–Kier alpha value is -3.09. The quantitative estimate of drug-likeness (QED) is 0.725. The van der Waals surface area contributed by atoms with Gasteiger partial charge in [0.05, 0.1) is 11.1 Å². The van der Waals surface area contributed by atoms with Crippen LogP contribution in [0, 0.1) is 0 Å². The molecule has 138 valence electrons. The highest BCUT2D eigenvalue weighted by molar-refractivity contribution is 6.06. The molecule has 0 radical (unpaired) electrons. The lowest BCUT2D eigenvalue weighted by molar-refractivity contribution is -0.137. The normalized spacial score (nSPS) is 15.9. The number of para-hydroxylation sites is 1.